The molecule has 0 aliphatic rings. The number of rotatable bonds is 18. The van der Waals surface area contributed by atoms with Crippen LogP contribution in [0, 0.1) is 6.92 Å². The molecule has 0 aromatic rings. The Morgan fingerprint density at radius 1 is 0.524 bits per heavy atom. The second-order valence-corrected chi connectivity index (χ2v) is 6.42. The van der Waals surface area contributed by atoms with Crippen LogP contribution in [0.4, 0.5) is 0 Å². The van der Waals surface area contributed by atoms with Gasteiger partial charge in [0.15, 0.2) is 0 Å². The molecule has 0 saturated heterocycles. The van der Waals surface area contributed by atoms with Crippen LogP contribution in [-0.2, 0) is 4.74 Å². The van der Waals surface area contributed by atoms with Crippen molar-refractivity contribution in [1.82, 2.24) is 0 Å². The fraction of sp³-hybridized carbons (Fsp3) is 0.950. The van der Waals surface area contributed by atoms with Gasteiger partial charge in [0, 0.05) is 13.2 Å². The Labute approximate surface area is 135 Å². The molecular weight excluding hydrogens is 256 g/mol. The van der Waals surface area contributed by atoms with Gasteiger partial charge in [0.2, 0.25) is 0 Å². The van der Waals surface area contributed by atoms with E-state index in [1.165, 1.54) is 96.3 Å². The van der Waals surface area contributed by atoms with Gasteiger partial charge in [0.1, 0.15) is 0 Å². The van der Waals surface area contributed by atoms with E-state index < -0.39 is 0 Å². The average Bonchev–Trinajstić information content (AvgIpc) is 2.50. The zero-order valence-corrected chi connectivity index (χ0v) is 14.8. The van der Waals surface area contributed by atoms with Crippen molar-refractivity contribution in [2.24, 2.45) is 0 Å². The molecule has 21 heavy (non-hydrogen) atoms. The van der Waals surface area contributed by atoms with Crippen molar-refractivity contribution >= 4 is 0 Å². The van der Waals surface area contributed by atoms with Crippen molar-refractivity contribution in [2.75, 3.05) is 13.2 Å². The minimum Gasteiger partial charge on any atom is -0.381 e. The summed E-state index contributed by atoms with van der Waals surface area (Å²) >= 11 is 0. The van der Waals surface area contributed by atoms with Gasteiger partial charge in [-0.2, -0.15) is 0 Å². The van der Waals surface area contributed by atoms with Crippen LogP contribution in [0.5, 0.6) is 0 Å². The summed E-state index contributed by atoms with van der Waals surface area (Å²) in [6.07, 6.45) is 21.9. The highest BCUT2D eigenvalue weighted by Crippen LogP contribution is 2.12. The van der Waals surface area contributed by atoms with E-state index in [0.717, 1.165) is 19.6 Å². The lowest BCUT2D eigenvalue weighted by Crippen LogP contribution is -1.96. The lowest BCUT2D eigenvalue weighted by atomic mass is 10.0. The molecule has 1 nitrogen and oxygen atoms in total. The highest BCUT2D eigenvalue weighted by atomic mass is 16.5. The predicted molar refractivity (Wildman–Crippen MR) is 95.7 cm³/mol. The van der Waals surface area contributed by atoms with Crippen LogP contribution in [0.1, 0.15) is 110 Å². The van der Waals surface area contributed by atoms with E-state index in [0.29, 0.717) is 0 Å². The molecule has 1 heteroatoms. The number of unbranched alkanes of at least 4 members (excludes halogenated alkanes) is 14. The molecule has 0 aliphatic heterocycles. The standard InChI is InChI=1S/C20H41O/c1-3-5-7-8-9-10-11-12-13-14-15-16-18-20-21-19-17-6-4-2/h2-20H2,1H3. The van der Waals surface area contributed by atoms with Crippen molar-refractivity contribution in [3.63, 3.8) is 0 Å². The largest absolute Gasteiger partial charge is 0.381 e. The predicted octanol–water partition coefficient (Wildman–Crippen LogP) is 7.10. The molecule has 0 N–H and O–H groups in total. The topological polar surface area (TPSA) is 9.23 Å². The van der Waals surface area contributed by atoms with E-state index in [-0.39, 0.29) is 0 Å². The van der Waals surface area contributed by atoms with Crippen molar-refractivity contribution < 1.29 is 4.74 Å². The third-order valence-electron chi connectivity index (χ3n) is 4.18. The first kappa shape index (κ1) is 21.0. The SMILES string of the molecule is [CH2]CCCCOCCCCCCCCCCCCCCC. The number of ether oxygens (including phenoxy) is 1. The van der Waals surface area contributed by atoms with Crippen LogP contribution in [0.3, 0.4) is 0 Å². The molecule has 0 spiro atoms. The normalized spacial score (nSPS) is 11.1. The summed E-state index contributed by atoms with van der Waals surface area (Å²) < 4.78 is 5.61. The molecule has 0 saturated carbocycles. The third-order valence-corrected chi connectivity index (χ3v) is 4.18. The molecule has 0 aromatic heterocycles. The first-order chi connectivity index (χ1) is 10.4. The third kappa shape index (κ3) is 20.0. The van der Waals surface area contributed by atoms with Gasteiger partial charge in [-0.25, -0.2) is 0 Å². The molecule has 0 amide bonds. The van der Waals surface area contributed by atoms with Crippen LogP contribution in [0.25, 0.3) is 0 Å². The summed E-state index contributed by atoms with van der Waals surface area (Å²) in [4.78, 5) is 0. The second kappa shape index (κ2) is 20.0. The summed E-state index contributed by atoms with van der Waals surface area (Å²) in [6, 6.07) is 0. The summed E-state index contributed by atoms with van der Waals surface area (Å²) in [5.74, 6) is 0. The van der Waals surface area contributed by atoms with Gasteiger partial charge in [0.05, 0.1) is 0 Å². The highest BCUT2D eigenvalue weighted by molar-refractivity contribution is 4.49. The fourth-order valence-electron chi connectivity index (χ4n) is 2.70. The van der Waals surface area contributed by atoms with Crippen molar-refractivity contribution in [3.8, 4) is 0 Å². The average molecular weight is 298 g/mol. The van der Waals surface area contributed by atoms with Gasteiger partial charge < -0.3 is 4.74 Å². The Balaban J connectivity index is 2.90. The fourth-order valence-corrected chi connectivity index (χ4v) is 2.70. The minimum absolute atomic E-state index is 0.938. The molecule has 0 heterocycles. The highest BCUT2D eigenvalue weighted by Gasteiger charge is 1.94. The van der Waals surface area contributed by atoms with E-state index in [1.807, 2.05) is 0 Å². The lowest BCUT2D eigenvalue weighted by molar-refractivity contribution is 0.126. The Morgan fingerprint density at radius 3 is 1.33 bits per heavy atom. The van der Waals surface area contributed by atoms with Gasteiger partial charge in [-0.05, 0) is 12.8 Å². The molecule has 0 rings (SSSR count). The molecule has 0 aliphatic carbocycles. The van der Waals surface area contributed by atoms with Crippen LogP contribution in [0.15, 0.2) is 0 Å². The Morgan fingerprint density at radius 2 is 0.905 bits per heavy atom. The Kier molecular flexibility index (Phi) is 19.9. The quantitative estimate of drug-likeness (QED) is 0.245. The van der Waals surface area contributed by atoms with Crippen LogP contribution in [-0.4, -0.2) is 13.2 Å². The van der Waals surface area contributed by atoms with Crippen LogP contribution in [0.2, 0.25) is 0 Å². The maximum absolute atomic E-state index is 5.61. The van der Waals surface area contributed by atoms with Gasteiger partial charge in [-0.1, -0.05) is 104 Å². The molecule has 0 atom stereocenters. The zero-order chi connectivity index (χ0) is 15.4. The molecule has 127 valence electrons. The molecular formula is C20H41O. The molecule has 0 fully saturated rings. The van der Waals surface area contributed by atoms with E-state index in [1.54, 1.807) is 0 Å². The summed E-state index contributed by atoms with van der Waals surface area (Å²) in [6.45, 7) is 8.03. The molecule has 0 unspecified atom stereocenters. The van der Waals surface area contributed by atoms with E-state index >= 15 is 0 Å². The lowest BCUT2D eigenvalue weighted by Gasteiger charge is -2.04. The van der Waals surface area contributed by atoms with Gasteiger partial charge in [0.25, 0.3) is 0 Å². The second-order valence-electron chi connectivity index (χ2n) is 6.42. The van der Waals surface area contributed by atoms with Crippen molar-refractivity contribution in [2.45, 2.75) is 110 Å². The van der Waals surface area contributed by atoms with Gasteiger partial charge in [-0.3, -0.25) is 0 Å². The van der Waals surface area contributed by atoms with E-state index in [4.69, 9.17) is 4.74 Å². The van der Waals surface area contributed by atoms with Crippen LogP contribution < -0.4 is 0 Å². The molecule has 0 aromatic carbocycles. The van der Waals surface area contributed by atoms with Crippen molar-refractivity contribution in [3.05, 3.63) is 6.92 Å². The molecule has 1 radical (unpaired) electrons. The minimum atomic E-state index is 0.938. The van der Waals surface area contributed by atoms with E-state index in [9.17, 15) is 0 Å². The first-order valence-electron chi connectivity index (χ1n) is 9.78. The van der Waals surface area contributed by atoms with Gasteiger partial charge >= 0.3 is 0 Å². The van der Waals surface area contributed by atoms with Gasteiger partial charge in [-0.15, -0.1) is 0 Å². The monoisotopic (exact) mass is 297 g/mol. The molecule has 0 bridgehead atoms. The first-order valence-corrected chi connectivity index (χ1v) is 9.78. The summed E-state index contributed by atoms with van der Waals surface area (Å²) in [7, 11) is 0. The number of hydrogen-bond donors (Lipinski definition) is 0. The smallest absolute Gasteiger partial charge is 0.0466 e. The zero-order valence-electron chi connectivity index (χ0n) is 14.8. The Hall–Kier alpha value is -0.0400. The number of hydrogen-bond acceptors (Lipinski definition) is 1. The van der Waals surface area contributed by atoms with Crippen LogP contribution >= 0.6 is 0 Å². The maximum atomic E-state index is 5.61. The Bertz CT molecular complexity index is 149. The van der Waals surface area contributed by atoms with E-state index in [2.05, 4.69) is 13.8 Å². The maximum Gasteiger partial charge on any atom is 0.0466 e. The summed E-state index contributed by atoms with van der Waals surface area (Å²) in [5.41, 5.74) is 0. The van der Waals surface area contributed by atoms with Crippen molar-refractivity contribution in [1.29, 1.82) is 0 Å². The summed E-state index contributed by atoms with van der Waals surface area (Å²) in [5, 5.41) is 0.